The Balaban J connectivity index is 1.35. The van der Waals surface area contributed by atoms with Crippen LogP contribution in [0.15, 0.2) is 34.4 Å². The van der Waals surface area contributed by atoms with E-state index in [-0.39, 0.29) is 21.7 Å². The van der Waals surface area contributed by atoms with E-state index < -0.39 is 11.6 Å². The Morgan fingerprint density at radius 1 is 0.559 bits per heavy atom. The van der Waals surface area contributed by atoms with E-state index >= 15 is 0 Å². The zero-order valence-corrected chi connectivity index (χ0v) is 22.1. The maximum Gasteiger partial charge on any atom is 0.187 e. The predicted molar refractivity (Wildman–Crippen MR) is 129 cm³/mol. The second kappa shape index (κ2) is 5.49. The summed E-state index contributed by atoms with van der Waals surface area (Å²) in [6, 6.07) is 0. The molecule has 6 aliphatic carbocycles. The van der Waals surface area contributed by atoms with Gasteiger partial charge in [-0.15, -0.1) is 0 Å². The van der Waals surface area contributed by atoms with Crippen molar-refractivity contribution in [1.82, 2.24) is 0 Å². The van der Waals surface area contributed by atoms with Gasteiger partial charge in [-0.2, -0.15) is 0 Å². The van der Waals surface area contributed by atoms with Gasteiger partial charge in [0.1, 0.15) is 0 Å². The lowest BCUT2D eigenvalue weighted by atomic mass is 9.38. The standard InChI is InChI=1S/C30H40O4/c1-15-16(2)27(7)23-20(25(15,5)29(27)31-11-12-32-29)10-9-19-21(23)24-22(19)26(6)17(3)18(4)28(24,8)30(26)33-13-14-34-30/h9-10,19-24H,11-14H2,1-8H3/t19-,20+,21+,22-,23+,24-,25-,26+,27+,28+/m1/s1. The van der Waals surface area contributed by atoms with Crippen molar-refractivity contribution in [3.05, 3.63) is 34.4 Å². The van der Waals surface area contributed by atoms with E-state index in [2.05, 4.69) is 67.5 Å². The Morgan fingerprint density at radius 2 is 0.971 bits per heavy atom. The van der Waals surface area contributed by atoms with Gasteiger partial charge in [0.25, 0.3) is 0 Å². The molecule has 0 N–H and O–H groups in total. The first-order valence-electron chi connectivity index (χ1n) is 13.6. The molecule has 34 heavy (non-hydrogen) atoms. The van der Waals surface area contributed by atoms with E-state index in [0.717, 1.165) is 0 Å². The van der Waals surface area contributed by atoms with E-state index in [1.165, 1.54) is 22.3 Å². The summed E-state index contributed by atoms with van der Waals surface area (Å²) in [5, 5.41) is 0. The lowest BCUT2D eigenvalue weighted by Crippen LogP contribution is -2.61. The highest BCUT2D eigenvalue weighted by Gasteiger charge is 2.90. The van der Waals surface area contributed by atoms with Gasteiger partial charge in [0.2, 0.25) is 0 Å². The number of fused-ring (bicyclic) bond motifs is 10. The number of ether oxygens (including phenoxy) is 4. The summed E-state index contributed by atoms with van der Waals surface area (Å²) < 4.78 is 26.9. The molecule has 8 aliphatic rings. The minimum absolute atomic E-state index is 0.0629. The Morgan fingerprint density at radius 3 is 1.50 bits per heavy atom. The Labute approximate surface area is 204 Å². The van der Waals surface area contributed by atoms with Crippen LogP contribution < -0.4 is 0 Å². The van der Waals surface area contributed by atoms with Gasteiger partial charge in [-0.05, 0) is 63.2 Å². The molecule has 0 unspecified atom stereocenters. The lowest BCUT2D eigenvalue weighted by molar-refractivity contribution is -0.252. The molecule has 2 spiro atoms. The maximum atomic E-state index is 6.73. The fourth-order valence-electron chi connectivity index (χ4n) is 12.4. The van der Waals surface area contributed by atoms with Crippen LogP contribution in [-0.4, -0.2) is 38.0 Å². The highest BCUT2D eigenvalue weighted by atomic mass is 16.7. The third kappa shape index (κ3) is 1.47. The monoisotopic (exact) mass is 464 g/mol. The molecule has 0 aromatic rings. The highest BCUT2D eigenvalue weighted by molar-refractivity contribution is 5.53. The molecular weight excluding hydrogens is 424 g/mol. The molecule has 2 aliphatic heterocycles. The average Bonchev–Trinajstić information content (AvgIpc) is 3.58. The first-order valence-corrected chi connectivity index (χ1v) is 13.6. The van der Waals surface area contributed by atoms with Gasteiger partial charge in [-0.3, -0.25) is 0 Å². The number of hydrogen-bond donors (Lipinski definition) is 0. The van der Waals surface area contributed by atoms with Crippen LogP contribution in [0.5, 0.6) is 0 Å². The van der Waals surface area contributed by atoms with Crippen LogP contribution in [0.2, 0.25) is 0 Å². The van der Waals surface area contributed by atoms with E-state index in [0.29, 0.717) is 61.9 Å². The molecule has 0 amide bonds. The summed E-state index contributed by atoms with van der Waals surface area (Å²) in [7, 11) is 0. The molecule has 2 heterocycles. The highest BCUT2D eigenvalue weighted by Crippen LogP contribution is 2.89. The Hall–Kier alpha value is -0.940. The Kier molecular flexibility index (Phi) is 3.42. The summed E-state index contributed by atoms with van der Waals surface area (Å²) in [6.45, 7) is 22.2. The second-order valence-corrected chi connectivity index (χ2v) is 13.6. The largest absolute Gasteiger partial charge is 0.346 e. The smallest absolute Gasteiger partial charge is 0.187 e. The quantitative estimate of drug-likeness (QED) is 0.443. The molecule has 3 saturated carbocycles. The zero-order chi connectivity index (χ0) is 23.8. The van der Waals surface area contributed by atoms with Gasteiger partial charge < -0.3 is 18.9 Å². The van der Waals surface area contributed by atoms with Crippen LogP contribution in [0.4, 0.5) is 0 Å². The van der Waals surface area contributed by atoms with E-state index in [1.54, 1.807) is 0 Å². The van der Waals surface area contributed by atoms with Crippen molar-refractivity contribution in [2.45, 2.75) is 67.0 Å². The molecule has 0 aromatic heterocycles. The minimum Gasteiger partial charge on any atom is -0.346 e. The fraction of sp³-hybridized carbons (Fsp3) is 0.800. The molecule has 8 rings (SSSR count). The fourth-order valence-corrected chi connectivity index (χ4v) is 12.4. The van der Waals surface area contributed by atoms with Crippen LogP contribution in [0, 0.1) is 57.2 Å². The van der Waals surface area contributed by atoms with Crippen LogP contribution in [-0.2, 0) is 18.9 Å². The van der Waals surface area contributed by atoms with Crippen molar-refractivity contribution in [3.8, 4) is 0 Å². The van der Waals surface area contributed by atoms with E-state index in [1.807, 2.05) is 0 Å². The molecular formula is C30H40O4. The molecule has 4 heteroatoms. The van der Waals surface area contributed by atoms with Crippen molar-refractivity contribution in [2.75, 3.05) is 26.4 Å². The number of allylic oxidation sites excluding steroid dienone is 2. The van der Waals surface area contributed by atoms with Crippen LogP contribution in [0.3, 0.4) is 0 Å². The molecule has 4 bridgehead atoms. The summed E-state index contributed by atoms with van der Waals surface area (Å²) in [5.41, 5.74) is 5.68. The average molecular weight is 465 g/mol. The van der Waals surface area contributed by atoms with Crippen LogP contribution in [0.25, 0.3) is 0 Å². The maximum absolute atomic E-state index is 6.73. The SMILES string of the molecule is CC1=C(C)[C@@]2(C)[C@@H]3[C@H]4[C@@H](C=C[C@H]5[C@@H]4[C@]4(C)C(C)=C(C)[C@@]5(C)C45OCCO5)[C@H]3[C@@]1(C)C21OCCO1. The van der Waals surface area contributed by atoms with Crippen molar-refractivity contribution in [3.63, 3.8) is 0 Å². The van der Waals surface area contributed by atoms with Crippen molar-refractivity contribution < 1.29 is 18.9 Å². The zero-order valence-electron chi connectivity index (χ0n) is 22.1. The van der Waals surface area contributed by atoms with E-state index in [4.69, 9.17) is 18.9 Å². The second-order valence-electron chi connectivity index (χ2n) is 13.6. The van der Waals surface area contributed by atoms with Gasteiger partial charge >= 0.3 is 0 Å². The molecule has 0 radical (unpaired) electrons. The molecule has 4 nitrogen and oxygen atoms in total. The van der Waals surface area contributed by atoms with E-state index in [9.17, 15) is 0 Å². The first-order chi connectivity index (χ1) is 16.0. The summed E-state index contributed by atoms with van der Waals surface area (Å²) >= 11 is 0. The topological polar surface area (TPSA) is 36.9 Å². The van der Waals surface area contributed by atoms with Crippen LogP contribution in [0.1, 0.15) is 55.4 Å². The molecule has 0 aromatic carbocycles. The van der Waals surface area contributed by atoms with Gasteiger partial charge in [0.05, 0.1) is 26.4 Å². The van der Waals surface area contributed by atoms with Gasteiger partial charge in [0.15, 0.2) is 11.6 Å². The summed E-state index contributed by atoms with van der Waals surface area (Å²) in [5.74, 6) is 2.22. The molecule has 184 valence electrons. The molecule has 5 fully saturated rings. The first kappa shape index (κ1) is 21.2. The minimum atomic E-state index is -0.533. The van der Waals surface area contributed by atoms with Crippen molar-refractivity contribution >= 4 is 0 Å². The third-order valence-corrected chi connectivity index (χ3v) is 14.0. The van der Waals surface area contributed by atoms with Crippen molar-refractivity contribution in [2.24, 2.45) is 57.2 Å². The lowest BCUT2D eigenvalue weighted by Gasteiger charge is -2.64. The van der Waals surface area contributed by atoms with Gasteiger partial charge in [-0.1, -0.05) is 62.1 Å². The van der Waals surface area contributed by atoms with Crippen LogP contribution >= 0.6 is 0 Å². The molecule has 10 atom stereocenters. The summed E-state index contributed by atoms with van der Waals surface area (Å²) in [4.78, 5) is 0. The third-order valence-electron chi connectivity index (χ3n) is 14.0. The number of hydrogen-bond acceptors (Lipinski definition) is 4. The number of rotatable bonds is 0. The van der Waals surface area contributed by atoms with Gasteiger partial charge in [-0.25, -0.2) is 0 Å². The molecule has 2 saturated heterocycles. The van der Waals surface area contributed by atoms with Gasteiger partial charge in [0, 0.05) is 21.7 Å². The predicted octanol–water partition coefficient (Wildman–Crippen LogP) is 5.51. The Bertz CT molecular complexity index is 1130. The summed E-state index contributed by atoms with van der Waals surface area (Å²) in [6.07, 6.45) is 5.19. The van der Waals surface area contributed by atoms with Crippen molar-refractivity contribution in [1.29, 1.82) is 0 Å². The normalized spacial score (nSPS) is 58.8.